The summed E-state index contributed by atoms with van der Waals surface area (Å²) in [5, 5.41) is 8.89. The zero-order chi connectivity index (χ0) is 15.4. The summed E-state index contributed by atoms with van der Waals surface area (Å²) in [6, 6.07) is 14.3. The van der Waals surface area contributed by atoms with E-state index in [2.05, 4.69) is 0 Å². The molecule has 0 heterocycles. The smallest absolute Gasteiger partial charge is 0.269 e. The maximum atomic E-state index is 12.2. The molecule has 2 atom stereocenters. The normalized spacial score (nSPS) is 13.4. The molecular weight excluding hydrogens is 313 g/mol. The van der Waals surface area contributed by atoms with Crippen molar-refractivity contribution in [1.82, 2.24) is 0 Å². The number of rotatable bonds is 5. The van der Waals surface area contributed by atoms with Crippen molar-refractivity contribution in [3.8, 4) is 0 Å². The molecule has 0 aromatic heterocycles. The fraction of sp³-hybridized carbons (Fsp3) is 0.133. The van der Waals surface area contributed by atoms with Crippen molar-refractivity contribution in [3.05, 3.63) is 75.8 Å². The van der Waals surface area contributed by atoms with E-state index < -0.39 is 15.7 Å². The van der Waals surface area contributed by atoms with Gasteiger partial charge in [-0.05, 0) is 5.56 Å². The zero-order valence-electron chi connectivity index (χ0n) is 10.8. The molecular formula is C15H11Cl2NO3. The molecule has 0 saturated carbocycles. The summed E-state index contributed by atoms with van der Waals surface area (Å²) in [7, 11) is 0. The Kier molecular flexibility index (Phi) is 4.94. The fourth-order valence-corrected chi connectivity index (χ4v) is 2.37. The number of carbonyl (C=O) groups excluding carboxylic acids is 1. The lowest BCUT2D eigenvalue weighted by Crippen LogP contribution is -2.19. The summed E-state index contributed by atoms with van der Waals surface area (Å²) in [6.07, 6.45) is 0. The molecule has 0 fully saturated rings. The van der Waals surface area contributed by atoms with Gasteiger partial charge in [-0.2, -0.15) is 0 Å². The molecule has 0 N–H and O–H groups in total. The van der Waals surface area contributed by atoms with Crippen LogP contribution in [0.1, 0.15) is 21.3 Å². The standard InChI is InChI=1S/C15H11Cl2NO3/c16-13(10-6-8-12(9-7-10)18(20)21)14(17)15(19)11-4-2-1-3-5-11/h1-9,13-14H/t13-,14-/m1/s1. The number of Topliss-reactive ketones (excluding diaryl/α,β-unsaturated/α-hetero) is 1. The van der Waals surface area contributed by atoms with Gasteiger partial charge in [0.05, 0.1) is 10.3 Å². The van der Waals surface area contributed by atoms with Gasteiger partial charge in [0.2, 0.25) is 0 Å². The largest absolute Gasteiger partial charge is 0.292 e. The van der Waals surface area contributed by atoms with Crippen LogP contribution >= 0.6 is 23.2 Å². The molecule has 108 valence electrons. The summed E-state index contributed by atoms with van der Waals surface area (Å²) >= 11 is 12.3. The second kappa shape index (κ2) is 6.70. The minimum atomic E-state index is -0.949. The minimum Gasteiger partial charge on any atom is -0.292 e. The topological polar surface area (TPSA) is 60.2 Å². The second-order valence-corrected chi connectivity index (χ2v) is 5.32. The molecule has 2 aromatic rings. The number of benzene rings is 2. The van der Waals surface area contributed by atoms with Crippen LogP contribution in [0.15, 0.2) is 54.6 Å². The Balaban J connectivity index is 2.17. The fourth-order valence-electron chi connectivity index (χ4n) is 1.84. The Morgan fingerprint density at radius 3 is 2.10 bits per heavy atom. The molecule has 0 saturated heterocycles. The van der Waals surface area contributed by atoms with Crippen molar-refractivity contribution in [2.45, 2.75) is 10.8 Å². The monoisotopic (exact) mass is 323 g/mol. The van der Waals surface area contributed by atoms with Gasteiger partial charge in [0.25, 0.3) is 5.69 Å². The van der Waals surface area contributed by atoms with Crippen LogP contribution in [0.2, 0.25) is 0 Å². The van der Waals surface area contributed by atoms with Crippen LogP contribution in [0.4, 0.5) is 5.69 Å². The summed E-state index contributed by atoms with van der Waals surface area (Å²) in [5.41, 5.74) is 1.000. The van der Waals surface area contributed by atoms with Gasteiger partial charge in [0.1, 0.15) is 5.38 Å². The number of ketones is 1. The van der Waals surface area contributed by atoms with Crippen LogP contribution in [-0.2, 0) is 0 Å². The maximum absolute atomic E-state index is 12.2. The first-order valence-corrected chi connectivity index (χ1v) is 6.99. The third kappa shape index (κ3) is 3.60. The highest BCUT2D eigenvalue weighted by Crippen LogP contribution is 2.31. The number of hydrogen-bond acceptors (Lipinski definition) is 3. The number of nitro groups is 1. The number of alkyl halides is 2. The lowest BCUT2D eigenvalue weighted by atomic mass is 10.0. The van der Waals surface area contributed by atoms with Crippen LogP contribution in [0, 0.1) is 10.1 Å². The predicted molar refractivity (Wildman–Crippen MR) is 82.1 cm³/mol. The number of hydrogen-bond donors (Lipinski definition) is 0. The van der Waals surface area contributed by atoms with E-state index in [0.717, 1.165) is 0 Å². The number of nitrogens with zero attached hydrogens (tertiary/aromatic N) is 1. The average Bonchev–Trinajstić information content (AvgIpc) is 2.53. The SMILES string of the molecule is O=C(c1ccccc1)[C@H](Cl)[C@H](Cl)c1ccc([N+](=O)[O-])cc1. The quantitative estimate of drug-likeness (QED) is 0.355. The van der Waals surface area contributed by atoms with E-state index in [1.807, 2.05) is 0 Å². The van der Waals surface area contributed by atoms with Crippen LogP contribution in [0.3, 0.4) is 0 Å². The Bertz CT molecular complexity index is 644. The lowest BCUT2D eigenvalue weighted by molar-refractivity contribution is -0.384. The molecule has 6 heteroatoms. The van der Waals surface area contributed by atoms with Crippen LogP contribution < -0.4 is 0 Å². The van der Waals surface area contributed by atoms with Crippen molar-refractivity contribution < 1.29 is 9.72 Å². The molecule has 0 spiro atoms. The van der Waals surface area contributed by atoms with Gasteiger partial charge in [-0.25, -0.2) is 0 Å². The Labute approximate surface area is 131 Å². The molecule has 2 aromatic carbocycles. The highest BCUT2D eigenvalue weighted by Gasteiger charge is 2.27. The Morgan fingerprint density at radius 1 is 1.00 bits per heavy atom. The molecule has 2 rings (SSSR count). The first-order chi connectivity index (χ1) is 10.0. The van der Waals surface area contributed by atoms with E-state index in [-0.39, 0.29) is 11.5 Å². The molecule has 0 bridgehead atoms. The number of halogens is 2. The first-order valence-electron chi connectivity index (χ1n) is 6.12. The van der Waals surface area contributed by atoms with Gasteiger partial charge >= 0.3 is 0 Å². The molecule has 0 radical (unpaired) electrons. The maximum Gasteiger partial charge on any atom is 0.269 e. The summed E-state index contributed by atoms with van der Waals surface area (Å²) in [5.74, 6) is -0.282. The molecule has 4 nitrogen and oxygen atoms in total. The Morgan fingerprint density at radius 2 is 1.57 bits per heavy atom. The van der Waals surface area contributed by atoms with E-state index >= 15 is 0 Å². The molecule has 0 aliphatic heterocycles. The third-order valence-electron chi connectivity index (χ3n) is 2.99. The summed E-state index contributed by atoms with van der Waals surface area (Å²) < 4.78 is 0. The van der Waals surface area contributed by atoms with E-state index in [1.165, 1.54) is 24.3 Å². The first kappa shape index (κ1) is 15.5. The van der Waals surface area contributed by atoms with E-state index in [0.29, 0.717) is 11.1 Å². The predicted octanol–water partition coefficient (Wildman–Crippen LogP) is 4.37. The number of carbonyl (C=O) groups is 1. The van der Waals surface area contributed by atoms with Crippen LogP contribution in [-0.4, -0.2) is 16.1 Å². The van der Waals surface area contributed by atoms with E-state index in [4.69, 9.17) is 23.2 Å². The van der Waals surface area contributed by atoms with Crippen molar-refractivity contribution in [2.75, 3.05) is 0 Å². The summed E-state index contributed by atoms with van der Waals surface area (Å²) in [4.78, 5) is 22.3. The molecule has 21 heavy (non-hydrogen) atoms. The van der Waals surface area contributed by atoms with Gasteiger partial charge in [0, 0.05) is 17.7 Å². The summed E-state index contributed by atoms with van der Waals surface area (Å²) in [6.45, 7) is 0. The van der Waals surface area contributed by atoms with E-state index in [1.54, 1.807) is 30.3 Å². The second-order valence-electron chi connectivity index (χ2n) is 4.38. The van der Waals surface area contributed by atoms with Gasteiger partial charge in [0.15, 0.2) is 5.78 Å². The van der Waals surface area contributed by atoms with Crippen molar-refractivity contribution >= 4 is 34.7 Å². The van der Waals surface area contributed by atoms with Crippen LogP contribution in [0.5, 0.6) is 0 Å². The highest BCUT2D eigenvalue weighted by molar-refractivity contribution is 6.39. The number of nitro benzene ring substituents is 1. The van der Waals surface area contributed by atoms with Crippen LogP contribution in [0.25, 0.3) is 0 Å². The van der Waals surface area contributed by atoms with Gasteiger partial charge in [-0.1, -0.05) is 42.5 Å². The van der Waals surface area contributed by atoms with Crippen molar-refractivity contribution in [1.29, 1.82) is 0 Å². The zero-order valence-corrected chi connectivity index (χ0v) is 12.3. The number of non-ortho nitro benzene ring substituents is 1. The third-order valence-corrected chi connectivity index (χ3v) is 4.07. The van der Waals surface area contributed by atoms with Gasteiger partial charge < -0.3 is 0 Å². The minimum absolute atomic E-state index is 0.0388. The Hall–Kier alpha value is -1.91. The average molecular weight is 324 g/mol. The van der Waals surface area contributed by atoms with E-state index in [9.17, 15) is 14.9 Å². The molecule has 0 unspecified atom stereocenters. The van der Waals surface area contributed by atoms with Gasteiger partial charge in [-0.15, -0.1) is 23.2 Å². The molecule has 0 amide bonds. The lowest BCUT2D eigenvalue weighted by Gasteiger charge is -2.15. The highest BCUT2D eigenvalue weighted by atomic mass is 35.5. The molecule has 0 aliphatic rings. The van der Waals surface area contributed by atoms with Gasteiger partial charge in [-0.3, -0.25) is 14.9 Å². The van der Waals surface area contributed by atoms with Crippen molar-refractivity contribution in [2.24, 2.45) is 0 Å². The van der Waals surface area contributed by atoms with Crippen molar-refractivity contribution in [3.63, 3.8) is 0 Å². The molecule has 0 aliphatic carbocycles.